The molecule has 0 aliphatic carbocycles. The summed E-state index contributed by atoms with van der Waals surface area (Å²) in [6, 6.07) is 4.52. The fourth-order valence-corrected chi connectivity index (χ4v) is 2.71. The lowest BCUT2D eigenvalue weighted by molar-refractivity contribution is 0.271. The van der Waals surface area contributed by atoms with Crippen molar-refractivity contribution < 1.29 is 17.5 Å². The third-order valence-corrected chi connectivity index (χ3v) is 3.51. The maximum Gasteiger partial charge on any atom is 0.232 e. The molecule has 0 N–H and O–H groups in total. The number of rotatable bonds is 5. The molecule has 1 rings (SSSR count). The van der Waals surface area contributed by atoms with Crippen molar-refractivity contribution in [3.05, 3.63) is 29.6 Å². The maximum atomic E-state index is 13.2. The second-order valence-electron chi connectivity index (χ2n) is 4.03. The summed E-state index contributed by atoms with van der Waals surface area (Å²) in [5, 5.41) is 0. The quantitative estimate of drug-likeness (QED) is 0.779. The third kappa shape index (κ3) is 5.37. The number of hydrogen-bond donors (Lipinski definition) is 0. The summed E-state index contributed by atoms with van der Waals surface area (Å²) in [6.07, 6.45) is 0. The smallest absolute Gasteiger partial charge is 0.232 e. The molecule has 0 radical (unpaired) electrons. The Balaban J connectivity index is 2.53. The molecular formula is C11H14ClFO3S. The van der Waals surface area contributed by atoms with Gasteiger partial charge in [-0.25, -0.2) is 12.8 Å². The van der Waals surface area contributed by atoms with Gasteiger partial charge in [0, 0.05) is 22.7 Å². The molecule has 1 aromatic rings. The molecule has 3 nitrogen and oxygen atoms in total. The Morgan fingerprint density at radius 3 is 2.65 bits per heavy atom. The molecule has 6 heteroatoms. The van der Waals surface area contributed by atoms with Crippen molar-refractivity contribution >= 4 is 19.7 Å². The normalized spacial score (nSPS) is 13.4. The summed E-state index contributed by atoms with van der Waals surface area (Å²) in [5.41, 5.74) is 0.536. The van der Waals surface area contributed by atoms with Crippen LogP contribution in [0, 0.1) is 18.7 Å². The number of ether oxygens (including phenoxy) is 1. The fourth-order valence-electron chi connectivity index (χ4n) is 1.29. The summed E-state index contributed by atoms with van der Waals surface area (Å²) in [4.78, 5) is 0. The lowest BCUT2D eigenvalue weighted by Crippen LogP contribution is -2.16. The lowest BCUT2D eigenvalue weighted by Gasteiger charge is -2.11. The molecule has 0 aromatic heterocycles. The standard InChI is InChI=1S/C11H14ClFO3S/c1-8(7-17(12,14)15)6-16-10-4-3-9(2)11(13)5-10/h3-5,8H,6-7H2,1-2H3. The lowest BCUT2D eigenvalue weighted by atomic mass is 10.2. The van der Waals surface area contributed by atoms with Gasteiger partial charge < -0.3 is 4.74 Å². The van der Waals surface area contributed by atoms with E-state index in [1.54, 1.807) is 26.0 Å². The predicted molar refractivity (Wildman–Crippen MR) is 65.4 cm³/mol. The van der Waals surface area contributed by atoms with Crippen LogP contribution in [0.1, 0.15) is 12.5 Å². The Morgan fingerprint density at radius 1 is 1.47 bits per heavy atom. The van der Waals surface area contributed by atoms with Crippen molar-refractivity contribution in [3.63, 3.8) is 0 Å². The van der Waals surface area contributed by atoms with Crippen LogP contribution in [0.2, 0.25) is 0 Å². The van der Waals surface area contributed by atoms with E-state index < -0.39 is 9.05 Å². The number of aryl methyl sites for hydroxylation is 1. The van der Waals surface area contributed by atoms with Crippen molar-refractivity contribution in [2.24, 2.45) is 5.92 Å². The minimum Gasteiger partial charge on any atom is -0.493 e. The summed E-state index contributed by atoms with van der Waals surface area (Å²) in [5.74, 6) is -0.378. The molecule has 0 aliphatic heterocycles. The van der Waals surface area contributed by atoms with E-state index in [0.29, 0.717) is 11.3 Å². The maximum absolute atomic E-state index is 13.2. The fraction of sp³-hybridized carbons (Fsp3) is 0.455. The van der Waals surface area contributed by atoms with Crippen molar-refractivity contribution in [1.82, 2.24) is 0 Å². The van der Waals surface area contributed by atoms with E-state index >= 15 is 0 Å². The van der Waals surface area contributed by atoms with Crippen LogP contribution < -0.4 is 4.74 Å². The number of benzene rings is 1. The van der Waals surface area contributed by atoms with Crippen molar-refractivity contribution in [2.75, 3.05) is 12.4 Å². The average Bonchev–Trinajstić information content (AvgIpc) is 2.17. The monoisotopic (exact) mass is 280 g/mol. The Hall–Kier alpha value is -0.810. The van der Waals surface area contributed by atoms with Gasteiger partial charge in [-0.2, -0.15) is 0 Å². The molecular weight excluding hydrogens is 267 g/mol. The molecule has 0 saturated heterocycles. The summed E-state index contributed by atoms with van der Waals surface area (Å²) in [6.45, 7) is 3.53. The van der Waals surface area contributed by atoms with Crippen molar-refractivity contribution in [1.29, 1.82) is 0 Å². The van der Waals surface area contributed by atoms with Crippen LogP contribution in [0.15, 0.2) is 18.2 Å². The van der Waals surface area contributed by atoms with Crippen molar-refractivity contribution in [2.45, 2.75) is 13.8 Å². The molecule has 1 unspecified atom stereocenters. The van der Waals surface area contributed by atoms with E-state index in [0.717, 1.165) is 0 Å². The van der Waals surface area contributed by atoms with E-state index in [4.69, 9.17) is 15.4 Å². The predicted octanol–water partition coefficient (Wildman–Crippen LogP) is 2.72. The first-order valence-electron chi connectivity index (χ1n) is 5.09. The number of halogens is 2. The van der Waals surface area contributed by atoms with Crippen LogP contribution in [-0.2, 0) is 9.05 Å². The van der Waals surface area contributed by atoms with Gasteiger partial charge in [0.2, 0.25) is 9.05 Å². The zero-order chi connectivity index (χ0) is 13.1. The van der Waals surface area contributed by atoms with Gasteiger partial charge in [0.15, 0.2) is 0 Å². The van der Waals surface area contributed by atoms with Crippen LogP contribution >= 0.6 is 10.7 Å². The first-order chi connectivity index (χ1) is 7.78. The van der Waals surface area contributed by atoms with Gasteiger partial charge in [-0.1, -0.05) is 13.0 Å². The highest BCUT2D eigenvalue weighted by Gasteiger charge is 2.13. The Morgan fingerprint density at radius 2 is 2.12 bits per heavy atom. The van der Waals surface area contributed by atoms with Crippen LogP contribution in [-0.4, -0.2) is 20.8 Å². The second kappa shape index (κ2) is 5.69. The molecule has 1 atom stereocenters. The first-order valence-corrected chi connectivity index (χ1v) is 7.57. The Kier molecular flexibility index (Phi) is 4.77. The number of hydrogen-bond acceptors (Lipinski definition) is 3. The Labute approximate surface area is 105 Å². The van der Waals surface area contributed by atoms with Crippen LogP contribution in [0.3, 0.4) is 0 Å². The summed E-state index contributed by atoms with van der Waals surface area (Å²) >= 11 is 0. The van der Waals surface area contributed by atoms with Gasteiger partial charge in [-0.05, 0) is 18.6 Å². The topological polar surface area (TPSA) is 43.4 Å². The SMILES string of the molecule is Cc1ccc(OCC(C)CS(=O)(=O)Cl)cc1F. The molecule has 0 saturated carbocycles. The zero-order valence-corrected chi connectivity index (χ0v) is 11.2. The molecule has 0 spiro atoms. The first kappa shape index (κ1) is 14.3. The van der Waals surface area contributed by atoms with Crippen LogP contribution in [0.5, 0.6) is 5.75 Å². The van der Waals surface area contributed by atoms with E-state index in [-0.39, 0.29) is 24.1 Å². The van der Waals surface area contributed by atoms with Crippen molar-refractivity contribution in [3.8, 4) is 5.75 Å². The molecule has 0 amide bonds. The highest BCUT2D eigenvalue weighted by Crippen LogP contribution is 2.17. The summed E-state index contributed by atoms with van der Waals surface area (Å²) < 4.78 is 40.1. The van der Waals surface area contributed by atoms with Gasteiger partial charge in [0.05, 0.1) is 12.4 Å². The zero-order valence-electron chi connectivity index (χ0n) is 9.61. The molecule has 0 aliphatic rings. The van der Waals surface area contributed by atoms with E-state index in [2.05, 4.69) is 0 Å². The second-order valence-corrected chi connectivity index (χ2v) is 6.85. The highest BCUT2D eigenvalue weighted by atomic mass is 35.7. The van der Waals surface area contributed by atoms with E-state index in [1.807, 2.05) is 0 Å². The highest BCUT2D eigenvalue weighted by molar-refractivity contribution is 8.13. The molecule has 17 heavy (non-hydrogen) atoms. The van der Waals surface area contributed by atoms with Gasteiger partial charge in [0.25, 0.3) is 0 Å². The van der Waals surface area contributed by atoms with E-state index in [1.165, 1.54) is 6.07 Å². The molecule has 0 fully saturated rings. The minimum atomic E-state index is -3.52. The van der Waals surface area contributed by atoms with Gasteiger partial charge in [0.1, 0.15) is 11.6 Å². The van der Waals surface area contributed by atoms with Gasteiger partial charge in [-0.15, -0.1) is 0 Å². The average molecular weight is 281 g/mol. The molecule has 0 bridgehead atoms. The molecule has 1 aromatic carbocycles. The van der Waals surface area contributed by atoms with Crippen LogP contribution in [0.4, 0.5) is 4.39 Å². The summed E-state index contributed by atoms with van der Waals surface area (Å²) in [7, 11) is 1.59. The van der Waals surface area contributed by atoms with Gasteiger partial charge >= 0.3 is 0 Å². The Bertz CT molecular complexity index is 487. The molecule has 96 valence electrons. The molecule has 0 heterocycles. The van der Waals surface area contributed by atoms with Gasteiger partial charge in [-0.3, -0.25) is 0 Å². The minimum absolute atomic E-state index is 0.164. The third-order valence-electron chi connectivity index (χ3n) is 2.16. The van der Waals surface area contributed by atoms with Crippen LogP contribution in [0.25, 0.3) is 0 Å². The van der Waals surface area contributed by atoms with E-state index in [9.17, 15) is 12.8 Å². The largest absolute Gasteiger partial charge is 0.493 e.